The summed E-state index contributed by atoms with van der Waals surface area (Å²) in [6.45, 7) is 0.280. The van der Waals surface area contributed by atoms with Crippen LogP contribution in [-0.2, 0) is 14.9 Å². The van der Waals surface area contributed by atoms with Gasteiger partial charge in [0.1, 0.15) is 19.5 Å². The molecule has 1 atom stereocenters. The van der Waals surface area contributed by atoms with E-state index in [0.29, 0.717) is 16.8 Å². The van der Waals surface area contributed by atoms with Crippen molar-refractivity contribution in [3.8, 4) is 23.0 Å². The molecule has 0 fully saturated rings. The van der Waals surface area contributed by atoms with Crippen LogP contribution in [0.25, 0.3) is 11.1 Å². The first-order valence-electron chi connectivity index (χ1n) is 9.82. The molecule has 3 rings (SSSR count). The maximum atomic E-state index is 11.8. The molecular formula is C20H23BrN6O5S2. The van der Waals surface area contributed by atoms with Crippen LogP contribution in [0.2, 0.25) is 0 Å². The molecule has 0 saturated carbocycles. The molecular weight excluding hydrogens is 548 g/mol. The van der Waals surface area contributed by atoms with Crippen molar-refractivity contribution in [2.24, 2.45) is 5.14 Å². The van der Waals surface area contributed by atoms with Gasteiger partial charge >= 0.3 is 6.01 Å². The Kier molecular flexibility index (Phi) is 9.55. The third-order valence-electron chi connectivity index (χ3n) is 4.34. The molecule has 2 heterocycles. The highest BCUT2D eigenvalue weighted by Gasteiger charge is 2.25. The molecule has 1 aromatic carbocycles. The Morgan fingerprint density at radius 3 is 2.38 bits per heavy atom. The van der Waals surface area contributed by atoms with Crippen molar-refractivity contribution in [1.29, 1.82) is 0 Å². The second-order valence-corrected chi connectivity index (χ2v) is 9.84. The minimum absolute atomic E-state index is 0.0110. The first kappa shape index (κ1) is 26.2. The van der Waals surface area contributed by atoms with Crippen LogP contribution in [0.4, 0.5) is 0 Å². The largest absolute Gasteiger partial charge is 0.474 e. The third-order valence-corrected chi connectivity index (χ3v) is 6.16. The summed E-state index contributed by atoms with van der Waals surface area (Å²) < 4.78 is 43.3. The number of nitrogens with zero attached hydrogens (tertiary/aromatic N) is 4. The summed E-state index contributed by atoms with van der Waals surface area (Å²) in [5.74, 6) is 0.242. The molecule has 0 aliphatic rings. The van der Waals surface area contributed by atoms with E-state index in [1.54, 1.807) is 12.4 Å². The molecule has 2 aromatic heterocycles. The summed E-state index contributed by atoms with van der Waals surface area (Å²) in [6.07, 6.45) is 6.56. The number of aromatic nitrogens is 4. The fourth-order valence-electron chi connectivity index (χ4n) is 2.93. The van der Waals surface area contributed by atoms with Crippen molar-refractivity contribution in [2.45, 2.75) is 10.9 Å². The summed E-state index contributed by atoms with van der Waals surface area (Å²) in [5, 5.41) is 5.22. The number of hydrogen-bond acceptors (Lipinski definition) is 10. The average Bonchev–Trinajstić information content (AvgIpc) is 2.81. The van der Waals surface area contributed by atoms with Gasteiger partial charge in [0, 0.05) is 28.9 Å². The van der Waals surface area contributed by atoms with E-state index < -0.39 is 16.3 Å². The lowest BCUT2D eigenvalue weighted by Crippen LogP contribution is -2.37. The van der Waals surface area contributed by atoms with Crippen LogP contribution in [0.1, 0.15) is 11.7 Å². The highest BCUT2D eigenvalue weighted by atomic mass is 79.9. The van der Waals surface area contributed by atoms with Gasteiger partial charge in [-0.2, -0.15) is 13.1 Å². The minimum atomic E-state index is -4.04. The first-order chi connectivity index (χ1) is 16.3. The van der Waals surface area contributed by atoms with Gasteiger partial charge in [-0.25, -0.2) is 25.1 Å². The van der Waals surface area contributed by atoms with Gasteiger partial charge in [-0.3, -0.25) is 0 Å². The van der Waals surface area contributed by atoms with Crippen LogP contribution in [-0.4, -0.2) is 61.5 Å². The fraction of sp³-hybridized carbons (Fsp3) is 0.300. The van der Waals surface area contributed by atoms with Gasteiger partial charge in [-0.15, -0.1) is 11.8 Å². The molecule has 34 heavy (non-hydrogen) atoms. The Balaban J connectivity index is 1.86. The maximum Gasteiger partial charge on any atom is 0.316 e. The first-order valence-corrected chi connectivity index (χ1v) is 13.4. The Labute approximate surface area is 210 Å². The normalized spacial score (nSPS) is 12.4. The lowest BCUT2D eigenvalue weighted by atomic mass is 10.0. The van der Waals surface area contributed by atoms with E-state index in [2.05, 4.69) is 40.6 Å². The quantitative estimate of drug-likeness (QED) is 0.245. The molecule has 0 radical (unpaired) electrons. The maximum absolute atomic E-state index is 11.8. The zero-order valence-corrected chi connectivity index (χ0v) is 21.6. The zero-order valence-electron chi connectivity index (χ0n) is 18.3. The van der Waals surface area contributed by atoms with E-state index in [1.807, 2.05) is 30.5 Å². The Hall–Kier alpha value is -2.36. The van der Waals surface area contributed by atoms with Gasteiger partial charge in [0.05, 0.1) is 23.9 Å². The molecule has 0 amide bonds. The third kappa shape index (κ3) is 7.58. The topological polar surface area (TPSA) is 151 Å². The van der Waals surface area contributed by atoms with Crippen LogP contribution in [0.5, 0.6) is 11.9 Å². The zero-order chi connectivity index (χ0) is 24.6. The molecule has 3 aromatic rings. The Bertz CT molecular complexity index is 1180. The van der Waals surface area contributed by atoms with Crippen molar-refractivity contribution in [3.05, 3.63) is 53.2 Å². The molecule has 0 aliphatic heterocycles. The molecule has 0 saturated heterocycles. The second-order valence-electron chi connectivity index (χ2n) is 6.72. The van der Waals surface area contributed by atoms with E-state index in [4.69, 9.17) is 19.3 Å². The van der Waals surface area contributed by atoms with E-state index in [0.717, 1.165) is 9.37 Å². The van der Waals surface area contributed by atoms with Crippen molar-refractivity contribution >= 4 is 37.9 Å². The smallest absolute Gasteiger partial charge is 0.316 e. The summed E-state index contributed by atoms with van der Waals surface area (Å²) in [5.41, 5.74) is 1.55. The number of benzene rings is 1. The van der Waals surface area contributed by atoms with Crippen molar-refractivity contribution in [1.82, 2.24) is 24.7 Å². The van der Waals surface area contributed by atoms with E-state index in [1.165, 1.54) is 25.2 Å². The fourth-order valence-corrected chi connectivity index (χ4v) is 4.09. The van der Waals surface area contributed by atoms with Gasteiger partial charge < -0.3 is 14.2 Å². The van der Waals surface area contributed by atoms with E-state index >= 15 is 0 Å². The van der Waals surface area contributed by atoms with Crippen molar-refractivity contribution in [2.75, 3.05) is 33.2 Å². The number of hydrogen-bond donors (Lipinski definition) is 2. The number of ether oxygens (including phenoxy) is 3. The van der Waals surface area contributed by atoms with Crippen molar-refractivity contribution < 1.29 is 22.6 Å². The van der Waals surface area contributed by atoms with Gasteiger partial charge in [0.25, 0.3) is 10.2 Å². The molecule has 0 aliphatic carbocycles. The number of nitrogens with one attached hydrogen (secondary N) is 1. The molecule has 0 bridgehead atoms. The van der Waals surface area contributed by atoms with Gasteiger partial charge in [0.15, 0.2) is 0 Å². The molecule has 0 spiro atoms. The highest BCUT2D eigenvalue weighted by molar-refractivity contribution is 9.10. The van der Waals surface area contributed by atoms with Crippen LogP contribution < -0.4 is 19.3 Å². The monoisotopic (exact) mass is 570 g/mol. The van der Waals surface area contributed by atoms with Gasteiger partial charge in [-0.1, -0.05) is 28.1 Å². The van der Waals surface area contributed by atoms with Crippen LogP contribution >= 0.6 is 27.7 Å². The number of methoxy groups -OCH3 is 1. The Morgan fingerprint density at radius 1 is 1.09 bits per heavy atom. The lowest BCUT2D eigenvalue weighted by molar-refractivity contribution is 0.173. The second kappa shape index (κ2) is 12.4. The molecule has 182 valence electrons. The van der Waals surface area contributed by atoms with Crippen molar-refractivity contribution in [3.63, 3.8) is 0 Å². The highest BCUT2D eigenvalue weighted by Crippen LogP contribution is 2.34. The number of halogens is 1. The minimum Gasteiger partial charge on any atom is -0.474 e. The summed E-state index contributed by atoms with van der Waals surface area (Å²) >= 11 is 4.94. The molecule has 1 unspecified atom stereocenters. The van der Waals surface area contributed by atoms with E-state index in [-0.39, 0.29) is 31.7 Å². The molecule has 14 heteroatoms. The SMILES string of the molecule is COCC(NS(N)(=O)=O)c1ncnc(OCCOc2ncc(SC)cn2)c1-c1ccc(Br)cc1. The average molecular weight is 571 g/mol. The van der Waals surface area contributed by atoms with Gasteiger partial charge in [0.2, 0.25) is 5.88 Å². The van der Waals surface area contributed by atoms with Crippen LogP contribution in [0, 0.1) is 0 Å². The molecule has 11 nitrogen and oxygen atoms in total. The van der Waals surface area contributed by atoms with Gasteiger partial charge in [-0.05, 0) is 24.0 Å². The summed E-state index contributed by atoms with van der Waals surface area (Å²) in [7, 11) is -2.60. The summed E-state index contributed by atoms with van der Waals surface area (Å²) in [4.78, 5) is 17.8. The number of thioether (sulfide) groups is 1. The van der Waals surface area contributed by atoms with Crippen LogP contribution in [0.3, 0.4) is 0 Å². The number of rotatable bonds is 12. The van der Waals surface area contributed by atoms with Crippen LogP contribution in [0.15, 0.2) is 52.4 Å². The number of nitrogens with two attached hydrogens (primary N) is 1. The summed E-state index contributed by atoms with van der Waals surface area (Å²) in [6, 6.07) is 6.70. The predicted octanol–water partition coefficient (Wildman–Crippen LogP) is 2.36. The molecule has 3 N–H and O–H groups in total. The Morgan fingerprint density at radius 2 is 1.76 bits per heavy atom. The standard InChI is InChI=1S/C20H23BrN6O5S2/c1-30-11-16(27-34(22,28)29)18-17(13-3-5-14(21)6-4-13)19(26-12-25-18)31-7-8-32-20-23-9-15(33-2)10-24-20/h3-6,9-10,12,16,27H,7-8,11H2,1-2H3,(H2,22,28,29). The lowest BCUT2D eigenvalue weighted by Gasteiger charge is -2.21. The predicted molar refractivity (Wildman–Crippen MR) is 131 cm³/mol. The van der Waals surface area contributed by atoms with E-state index in [9.17, 15) is 8.42 Å².